The molecule has 2 unspecified atom stereocenters. The fourth-order valence-corrected chi connectivity index (χ4v) is 21.3. The van der Waals surface area contributed by atoms with E-state index < -0.39 is 0 Å². The number of amides is 2. The van der Waals surface area contributed by atoms with Gasteiger partial charge in [-0.05, 0) is 169 Å². The second-order valence-electron chi connectivity index (χ2n) is 32.2. The number of anilines is 2. The molecule has 2 aliphatic heterocycles. The highest BCUT2D eigenvalue weighted by Gasteiger charge is 2.44. The first-order valence-electron chi connectivity index (χ1n) is 44.3. The molecule has 0 spiro atoms. The Hall–Kier alpha value is -4.08. The van der Waals surface area contributed by atoms with E-state index >= 15 is 9.59 Å². The monoisotopic (exact) mass is 1490 g/mol. The highest BCUT2D eigenvalue weighted by Crippen LogP contribution is 2.52. The highest BCUT2D eigenvalue weighted by atomic mass is 32.1. The molecule has 4 nitrogen and oxygen atoms in total. The van der Waals surface area contributed by atoms with Crippen LogP contribution in [0.3, 0.4) is 0 Å². The Morgan fingerprint density at radius 2 is 0.577 bits per heavy atom. The number of hydrogen-bond donors (Lipinski definition) is 0. The molecular weight excluding hydrogens is 1340 g/mol. The molecular formula is C96H146N2O2S4. The quantitative estimate of drug-likeness (QED) is 0.0282. The molecule has 4 aromatic heterocycles. The molecule has 2 atom stereocenters. The Bertz CT molecular complexity index is 3160. The summed E-state index contributed by atoms with van der Waals surface area (Å²) in [6.45, 7) is 19.9. The molecule has 2 amide bonds. The van der Waals surface area contributed by atoms with E-state index in [4.69, 9.17) is 0 Å². The lowest BCUT2D eigenvalue weighted by molar-refractivity contribution is -0.114. The average molecular weight is 1490 g/mol. The summed E-state index contributed by atoms with van der Waals surface area (Å²) in [5, 5.41) is 4.90. The summed E-state index contributed by atoms with van der Waals surface area (Å²) in [5.74, 6) is 0.827. The number of nitrogens with zero attached hydrogens (tertiary/aromatic N) is 2. The molecule has 6 aromatic rings. The van der Waals surface area contributed by atoms with Gasteiger partial charge in [0.05, 0.1) is 22.5 Å². The molecule has 0 N–H and O–H groups in total. The Kier molecular flexibility index (Phi) is 41.0. The van der Waals surface area contributed by atoms with E-state index in [0.29, 0.717) is 36.1 Å². The molecule has 0 bridgehead atoms. The standard InChI is InChI=1S/C96H146N2O2S4/c1-9-17-25-33-39-47-55-75(53-45-31-23-15-7)71-97-85-67-79(87-69-81(59-51-43-37-29-21-13-5)93(103-87)89-65-77(73-101-89)57-49-41-35-27-19-11-3)61-63-83(85)91(95(97)99)92-84-64-62-80(68-86(84)98(96(92)100)72-76(54-46-32-24-16-8)56-48-40-34-26-18-10-2)88-70-82(60-52-44-38-30-22-14-6)94(104-88)90-66-78(74-102-90)58-50-42-36-28-20-12-4/h61-70,73-76H,9-60,71-72H2,1-8H3/b92-91+. The van der Waals surface area contributed by atoms with Crippen LogP contribution in [0.25, 0.3) is 51.5 Å². The molecule has 0 radical (unpaired) electrons. The van der Waals surface area contributed by atoms with Gasteiger partial charge in [-0.15, -0.1) is 45.3 Å². The zero-order valence-corrected chi connectivity index (χ0v) is 70.9. The average Bonchev–Trinajstić information content (AvgIpc) is 1.57. The van der Waals surface area contributed by atoms with Crippen molar-refractivity contribution in [3.63, 3.8) is 0 Å². The molecule has 2 aliphatic rings. The lowest BCUT2D eigenvalue weighted by Crippen LogP contribution is -2.34. The van der Waals surface area contributed by atoms with Gasteiger partial charge in [-0.25, -0.2) is 0 Å². The topological polar surface area (TPSA) is 40.6 Å². The molecule has 0 fully saturated rings. The molecule has 0 aliphatic carbocycles. The predicted molar refractivity (Wildman–Crippen MR) is 466 cm³/mol. The van der Waals surface area contributed by atoms with E-state index in [9.17, 15) is 0 Å². The number of thiophene rings is 4. The van der Waals surface area contributed by atoms with Crippen LogP contribution in [0.15, 0.2) is 71.4 Å². The van der Waals surface area contributed by atoms with Crippen molar-refractivity contribution < 1.29 is 9.59 Å². The van der Waals surface area contributed by atoms with Crippen molar-refractivity contribution in [1.29, 1.82) is 0 Å². The Labute approximate surface area is 653 Å². The van der Waals surface area contributed by atoms with E-state index in [1.807, 2.05) is 45.3 Å². The van der Waals surface area contributed by atoms with E-state index in [1.165, 1.54) is 345 Å². The normalized spacial score (nSPS) is 14.3. The zero-order chi connectivity index (χ0) is 73.4. The number of rotatable bonds is 60. The van der Waals surface area contributed by atoms with Crippen LogP contribution in [0.5, 0.6) is 0 Å². The molecule has 2 aromatic carbocycles. The highest BCUT2D eigenvalue weighted by molar-refractivity contribution is 7.24. The minimum absolute atomic E-state index is 0.0308. The van der Waals surface area contributed by atoms with Crippen molar-refractivity contribution in [1.82, 2.24) is 0 Å². The second kappa shape index (κ2) is 49.9. The second-order valence-corrected chi connectivity index (χ2v) is 36.2. The first-order chi connectivity index (χ1) is 51.2. The summed E-state index contributed by atoms with van der Waals surface area (Å²) in [6.07, 6.45) is 65.4. The third-order valence-corrected chi connectivity index (χ3v) is 28.0. The van der Waals surface area contributed by atoms with Crippen molar-refractivity contribution in [3.05, 3.63) is 105 Å². The minimum Gasteiger partial charge on any atom is -0.307 e. The van der Waals surface area contributed by atoms with Crippen LogP contribution < -0.4 is 9.80 Å². The number of hydrogen-bond acceptors (Lipinski definition) is 6. The van der Waals surface area contributed by atoms with E-state index in [1.54, 1.807) is 0 Å². The SMILES string of the molecule is CCCCCCCCc1csc(-c2sc(-c3ccc4c(c3)N(CC(CCCCCC)CCCCCCCC)C(=O)/C4=C3/C(=O)N(CC(CCCCCC)CCCCCCCC)c4cc(-c5cc(CCCCCCCC)c(-c6cc(CCCCCCCC)cs6)s5)ccc43)cc2CCCCCCCC)c1. The van der Waals surface area contributed by atoms with Crippen molar-refractivity contribution in [2.24, 2.45) is 11.8 Å². The molecule has 0 saturated heterocycles. The largest absolute Gasteiger partial charge is 0.307 e. The van der Waals surface area contributed by atoms with Crippen LogP contribution in [-0.2, 0) is 35.3 Å². The fourth-order valence-electron chi connectivity index (χ4n) is 16.7. The van der Waals surface area contributed by atoms with Crippen LogP contribution in [0, 0.1) is 11.8 Å². The fraction of sp³-hybridized carbons (Fsp3) is 0.667. The van der Waals surface area contributed by atoms with Gasteiger partial charge in [0.15, 0.2) is 0 Å². The van der Waals surface area contributed by atoms with Gasteiger partial charge in [-0.1, -0.05) is 336 Å². The lowest BCUT2D eigenvalue weighted by Gasteiger charge is -2.25. The minimum atomic E-state index is 0.0308. The van der Waals surface area contributed by atoms with E-state index in [0.717, 1.165) is 73.9 Å². The third-order valence-electron chi connectivity index (χ3n) is 23.2. The summed E-state index contributed by atoms with van der Waals surface area (Å²) in [5.41, 5.74) is 13.5. The summed E-state index contributed by atoms with van der Waals surface area (Å²) in [6, 6.07) is 24.2. The van der Waals surface area contributed by atoms with Crippen LogP contribution in [0.2, 0.25) is 0 Å². The number of aryl methyl sites for hydroxylation is 4. The number of carbonyl (C=O) groups is 2. The smallest absolute Gasteiger partial charge is 0.259 e. The van der Waals surface area contributed by atoms with Crippen LogP contribution in [0.1, 0.15) is 397 Å². The van der Waals surface area contributed by atoms with Crippen molar-refractivity contribution >= 4 is 79.7 Å². The summed E-state index contributed by atoms with van der Waals surface area (Å²) in [4.78, 5) is 45.8. The van der Waals surface area contributed by atoms with Crippen molar-refractivity contribution in [2.75, 3.05) is 22.9 Å². The molecule has 8 heteroatoms. The van der Waals surface area contributed by atoms with Gasteiger partial charge in [-0.3, -0.25) is 9.59 Å². The predicted octanol–water partition coefficient (Wildman–Crippen LogP) is 32.5. The Morgan fingerprint density at radius 1 is 0.298 bits per heavy atom. The maximum absolute atomic E-state index is 16.5. The summed E-state index contributed by atoms with van der Waals surface area (Å²) < 4.78 is 0. The maximum atomic E-state index is 16.5. The van der Waals surface area contributed by atoms with Gasteiger partial charge >= 0.3 is 0 Å². The summed E-state index contributed by atoms with van der Waals surface area (Å²) in [7, 11) is 0. The number of fused-ring (bicyclic) bond motifs is 2. The van der Waals surface area contributed by atoms with Crippen LogP contribution in [0.4, 0.5) is 11.4 Å². The zero-order valence-electron chi connectivity index (χ0n) is 67.6. The van der Waals surface area contributed by atoms with Crippen molar-refractivity contribution in [2.45, 2.75) is 389 Å². The molecule has 0 saturated carbocycles. The number of benzene rings is 2. The summed E-state index contributed by atoms with van der Waals surface area (Å²) >= 11 is 7.85. The van der Waals surface area contributed by atoms with E-state index in [-0.39, 0.29) is 11.8 Å². The van der Waals surface area contributed by atoms with Gasteiger partial charge in [0.1, 0.15) is 0 Å². The molecule has 6 heterocycles. The van der Waals surface area contributed by atoms with Gasteiger partial charge < -0.3 is 9.80 Å². The van der Waals surface area contributed by atoms with Gasteiger partial charge in [0, 0.05) is 53.5 Å². The van der Waals surface area contributed by atoms with Gasteiger partial charge in [0.25, 0.3) is 11.8 Å². The van der Waals surface area contributed by atoms with Crippen LogP contribution in [-0.4, -0.2) is 24.9 Å². The maximum Gasteiger partial charge on any atom is 0.259 e. The van der Waals surface area contributed by atoms with Gasteiger partial charge in [0.2, 0.25) is 0 Å². The lowest BCUT2D eigenvalue weighted by atomic mass is 9.93. The first-order valence-corrected chi connectivity index (χ1v) is 47.7. The van der Waals surface area contributed by atoms with E-state index in [2.05, 4.69) is 137 Å². The first kappa shape index (κ1) is 85.5. The molecule has 576 valence electrons. The molecule has 8 rings (SSSR count). The van der Waals surface area contributed by atoms with Crippen molar-refractivity contribution in [3.8, 4) is 40.4 Å². The number of carbonyl (C=O) groups excluding carboxylic acids is 2. The Balaban J connectivity index is 1.24. The molecule has 104 heavy (non-hydrogen) atoms. The number of unbranched alkanes of at least 4 members (excludes halogenated alkanes) is 36. The van der Waals surface area contributed by atoms with Crippen LogP contribution >= 0.6 is 45.3 Å². The van der Waals surface area contributed by atoms with Gasteiger partial charge in [-0.2, -0.15) is 0 Å². The third kappa shape index (κ3) is 27.2. The Morgan fingerprint density at radius 3 is 0.894 bits per heavy atom.